The Hall–Kier alpha value is -0.340. The van der Waals surface area contributed by atoms with Gasteiger partial charge in [0.1, 0.15) is 6.10 Å². The molecular formula is C10H18O2. The molecule has 0 aromatic rings. The van der Waals surface area contributed by atoms with Crippen LogP contribution in [0.2, 0.25) is 0 Å². The van der Waals surface area contributed by atoms with Crippen LogP contribution in [-0.2, 0) is 4.89 Å². The second kappa shape index (κ2) is 4.06. The minimum Gasteiger partial charge on any atom is -0.251 e. The van der Waals surface area contributed by atoms with Gasteiger partial charge in [0.2, 0.25) is 0 Å². The summed E-state index contributed by atoms with van der Waals surface area (Å²) in [6.45, 7) is 6.45. The van der Waals surface area contributed by atoms with Gasteiger partial charge in [0.25, 0.3) is 0 Å². The summed E-state index contributed by atoms with van der Waals surface area (Å²) < 4.78 is 0. The van der Waals surface area contributed by atoms with Gasteiger partial charge in [-0.15, -0.1) is 0 Å². The van der Waals surface area contributed by atoms with Crippen LogP contribution in [0.3, 0.4) is 0 Å². The molecule has 1 aliphatic rings. The second-order valence-corrected chi connectivity index (χ2v) is 4.03. The third kappa shape index (κ3) is 2.08. The van der Waals surface area contributed by atoms with Crippen LogP contribution >= 0.6 is 0 Å². The summed E-state index contributed by atoms with van der Waals surface area (Å²) in [5.41, 5.74) is 1.25. The first-order chi connectivity index (χ1) is 5.65. The first-order valence-corrected chi connectivity index (χ1v) is 4.65. The molecule has 12 heavy (non-hydrogen) atoms. The molecule has 0 saturated heterocycles. The molecule has 70 valence electrons. The Kier molecular flexibility index (Phi) is 3.29. The normalized spacial score (nSPS) is 30.6. The lowest BCUT2D eigenvalue weighted by Crippen LogP contribution is -2.24. The van der Waals surface area contributed by atoms with E-state index < -0.39 is 0 Å². The lowest BCUT2D eigenvalue weighted by molar-refractivity contribution is -0.273. The van der Waals surface area contributed by atoms with Gasteiger partial charge in [-0.3, -0.25) is 5.26 Å². The highest BCUT2D eigenvalue weighted by molar-refractivity contribution is 5.14. The number of allylic oxidation sites excluding steroid dienone is 1. The van der Waals surface area contributed by atoms with Crippen LogP contribution in [0.5, 0.6) is 0 Å². The summed E-state index contributed by atoms with van der Waals surface area (Å²) in [6.07, 6.45) is 4.21. The summed E-state index contributed by atoms with van der Waals surface area (Å²) >= 11 is 0. The number of hydrogen-bond donors (Lipinski definition) is 1. The topological polar surface area (TPSA) is 29.5 Å². The quantitative estimate of drug-likeness (QED) is 0.392. The van der Waals surface area contributed by atoms with Gasteiger partial charge in [-0.25, -0.2) is 4.89 Å². The van der Waals surface area contributed by atoms with Gasteiger partial charge in [0.05, 0.1) is 0 Å². The summed E-state index contributed by atoms with van der Waals surface area (Å²) in [5.74, 6) is 1.11. The van der Waals surface area contributed by atoms with Gasteiger partial charge in [-0.05, 0) is 30.3 Å². The number of hydrogen-bond acceptors (Lipinski definition) is 2. The molecule has 2 heteroatoms. The predicted octanol–water partition coefficient (Wildman–Crippen LogP) is 2.86. The van der Waals surface area contributed by atoms with Crippen molar-refractivity contribution in [3.8, 4) is 0 Å². The van der Waals surface area contributed by atoms with E-state index in [1.54, 1.807) is 0 Å². The van der Waals surface area contributed by atoms with E-state index in [1.165, 1.54) is 5.57 Å². The molecule has 0 saturated carbocycles. The van der Waals surface area contributed by atoms with Gasteiger partial charge in [0, 0.05) is 0 Å². The van der Waals surface area contributed by atoms with Gasteiger partial charge in [-0.2, -0.15) is 0 Å². The Balaban J connectivity index is 2.68. The van der Waals surface area contributed by atoms with Crippen molar-refractivity contribution in [1.29, 1.82) is 0 Å². The van der Waals surface area contributed by atoms with Crippen LogP contribution in [0.1, 0.15) is 33.6 Å². The molecule has 1 N–H and O–H groups in total. The highest BCUT2D eigenvalue weighted by Crippen LogP contribution is 2.29. The SMILES string of the molecule is CC1CC=C(C(C)C)C(OO)C1. The maximum absolute atomic E-state index is 8.69. The fraction of sp³-hybridized carbons (Fsp3) is 0.800. The fourth-order valence-electron chi connectivity index (χ4n) is 1.78. The summed E-state index contributed by atoms with van der Waals surface area (Å²) in [5, 5.41) is 8.69. The van der Waals surface area contributed by atoms with Crippen LogP contribution in [0, 0.1) is 11.8 Å². The van der Waals surface area contributed by atoms with Crippen molar-refractivity contribution in [2.45, 2.75) is 39.7 Å². The van der Waals surface area contributed by atoms with E-state index in [0.717, 1.165) is 12.8 Å². The van der Waals surface area contributed by atoms with E-state index in [2.05, 4.69) is 31.7 Å². The van der Waals surface area contributed by atoms with Crippen molar-refractivity contribution in [2.75, 3.05) is 0 Å². The molecule has 0 heterocycles. The number of rotatable bonds is 2. The van der Waals surface area contributed by atoms with E-state index in [0.29, 0.717) is 11.8 Å². The average Bonchev–Trinajstić information content (AvgIpc) is 2.03. The van der Waals surface area contributed by atoms with E-state index >= 15 is 0 Å². The van der Waals surface area contributed by atoms with Crippen LogP contribution < -0.4 is 0 Å². The van der Waals surface area contributed by atoms with Gasteiger partial charge < -0.3 is 0 Å². The molecule has 0 amide bonds. The van der Waals surface area contributed by atoms with E-state index in [4.69, 9.17) is 5.26 Å². The molecule has 0 radical (unpaired) electrons. The minimum atomic E-state index is -0.0613. The van der Waals surface area contributed by atoms with Crippen LogP contribution in [0.25, 0.3) is 0 Å². The largest absolute Gasteiger partial charge is 0.251 e. The van der Waals surface area contributed by atoms with Crippen LogP contribution in [0.4, 0.5) is 0 Å². The molecule has 0 bridgehead atoms. The molecule has 2 atom stereocenters. The molecule has 1 aliphatic carbocycles. The fourth-order valence-corrected chi connectivity index (χ4v) is 1.78. The minimum absolute atomic E-state index is 0.0613. The molecule has 0 aliphatic heterocycles. The van der Waals surface area contributed by atoms with Crippen molar-refractivity contribution < 1.29 is 10.1 Å². The average molecular weight is 170 g/mol. The van der Waals surface area contributed by atoms with Crippen molar-refractivity contribution in [3.05, 3.63) is 11.6 Å². The molecule has 2 nitrogen and oxygen atoms in total. The Bertz CT molecular complexity index is 173. The van der Waals surface area contributed by atoms with Gasteiger partial charge in [-0.1, -0.05) is 26.8 Å². The zero-order valence-corrected chi connectivity index (χ0v) is 8.08. The predicted molar refractivity (Wildman–Crippen MR) is 48.8 cm³/mol. The Labute approximate surface area is 74.2 Å². The van der Waals surface area contributed by atoms with Crippen molar-refractivity contribution >= 4 is 0 Å². The van der Waals surface area contributed by atoms with E-state index in [-0.39, 0.29) is 6.10 Å². The zero-order valence-electron chi connectivity index (χ0n) is 8.08. The Morgan fingerprint density at radius 1 is 1.58 bits per heavy atom. The highest BCUT2D eigenvalue weighted by atomic mass is 17.1. The molecule has 2 unspecified atom stereocenters. The van der Waals surface area contributed by atoms with Crippen LogP contribution in [-0.4, -0.2) is 11.4 Å². The second-order valence-electron chi connectivity index (χ2n) is 4.03. The van der Waals surface area contributed by atoms with Gasteiger partial charge >= 0.3 is 0 Å². The zero-order chi connectivity index (χ0) is 9.14. The monoisotopic (exact) mass is 170 g/mol. The van der Waals surface area contributed by atoms with Crippen molar-refractivity contribution in [1.82, 2.24) is 0 Å². The molecule has 1 rings (SSSR count). The Morgan fingerprint density at radius 2 is 2.25 bits per heavy atom. The third-order valence-corrected chi connectivity index (χ3v) is 2.54. The molecule has 0 aromatic heterocycles. The maximum atomic E-state index is 8.69. The third-order valence-electron chi connectivity index (χ3n) is 2.54. The van der Waals surface area contributed by atoms with Crippen LogP contribution in [0.15, 0.2) is 11.6 Å². The molecular weight excluding hydrogens is 152 g/mol. The lowest BCUT2D eigenvalue weighted by atomic mass is 9.84. The van der Waals surface area contributed by atoms with Gasteiger partial charge in [0.15, 0.2) is 0 Å². The van der Waals surface area contributed by atoms with E-state index in [1.807, 2.05) is 0 Å². The standard InChI is InChI=1S/C10H18O2/c1-7(2)9-5-4-8(3)6-10(9)12-11/h5,7-8,10-11H,4,6H2,1-3H3. The van der Waals surface area contributed by atoms with Crippen molar-refractivity contribution in [2.24, 2.45) is 11.8 Å². The summed E-state index contributed by atoms with van der Waals surface area (Å²) in [4.78, 5) is 4.47. The molecule has 0 spiro atoms. The summed E-state index contributed by atoms with van der Waals surface area (Å²) in [7, 11) is 0. The van der Waals surface area contributed by atoms with Crippen molar-refractivity contribution in [3.63, 3.8) is 0 Å². The first-order valence-electron chi connectivity index (χ1n) is 4.65. The Morgan fingerprint density at radius 3 is 2.75 bits per heavy atom. The highest BCUT2D eigenvalue weighted by Gasteiger charge is 2.24. The summed E-state index contributed by atoms with van der Waals surface area (Å²) in [6, 6.07) is 0. The molecule has 0 aromatic carbocycles. The lowest BCUT2D eigenvalue weighted by Gasteiger charge is -2.27. The van der Waals surface area contributed by atoms with E-state index in [9.17, 15) is 0 Å². The smallest absolute Gasteiger partial charge is 0.114 e. The first kappa shape index (κ1) is 9.75. The maximum Gasteiger partial charge on any atom is 0.114 e. The molecule has 0 fully saturated rings.